The molecule has 2 aliphatic rings. The van der Waals surface area contributed by atoms with Crippen molar-refractivity contribution in [1.82, 2.24) is 5.32 Å². The van der Waals surface area contributed by atoms with Gasteiger partial charge in [-0.1, -0.05) is 60.3 Å². The minimum Gasteiger partial charge on any atom is -0.345 e. The Bertz CT molecular complexity index is 1280. The monoisotopic (exact) mass is 454 g/mol. The molecule has 166 valence electrons. The molecule has 3 aromatic rings. The van der Waals surface area contributed by atoms with Crippen LogP contribution < -0.4 is 10.2 Å². The summed E-state index contributed by atoms with van der Waals surface area (Å²) in [7, 11) is 1.77. The minimum atomic E-state index is -0.105. The number of carbonyl (C=O) groups is 2. The van der Waals surface area contributed by atoms with Crippen molar-refractivity contribution < 1.29 is 9.59 Å². The van der Waals surface area contributed by atoms with Crippen LogP contribution >= 0.6 is 11.8 Å². The van der Waals surface area contributed by atoms with Gasteiger partial charge >= 0.3 is 0 Å². The predicted molar refractivity (Wildman–Crippen MR) is 134 cm³/mol. The Morgan fingerprint density at radius 2 is 1.88 bits per heavy atom. The SMILES string of the molecule is Cc1ccccc1/C=C1\Sc2ccc(C(=O)NC3CCCc4ccccc43)cc2N(C)C1=O. The van der Waals surface area contributed by atoms with Crippen LogP contribution in [0.25, 0.3) is 6.08 Å². The smallest absolute Gasteiger partial charge is 0.264 e. The number of likely N-dealkylation sites (N-methyl/N-ethyl adjacent to an activating group) is 1. The molecule has 0 aromatic heterocycles. The lowest BCUT2D eigenvalue weighted by atomic mass is 9.87. The molecule has 1 aliphatic heterocycles. The highest BCUT2D eigenvalue weighted by molar-refractivity contribution is 8.04. The predicted octanol–water partition coefficient (Wildman–Crippen LogP) is 5.91. The van der Waals surface area contributed by atoms with Gasteiger partial charge in [-0.25, -0.2) is 0 Å². The van der Waals surface area contributed by atoms with Crippen molar-refractivity contribution >= 4 is 35.3 Å². The van der Waals surface area contributed by atoms with Gasteiger partial charge in [-0.3, -0.25) is 9.59 Å². The average molecular weight is 455 g/mol. The maximum atomic E-state index is 13.1. The molecule has 1 atom stereocenters. The van der Waals surface area contributed by atoms with Gasteiger partial charge in [0.25, 0.3) is 11.8 Å². The number of benzene rings is 3. The van der Waals surface area contributed by atoms with Crippen molar-refractivity contribution in [3.8, 4) is 0 Å². The van der Waals surface area contributed by atoms with Crippen molar-refractivity contribution in [2.75, 3.05) is 11.9 Å². The fourth-order valence-electron chi connectivity index (χ4n) is 4.57. The van der Waals surface area contributed by atoms with E-state index in [0.717, 1.165) is 41.0 Å². The van der Waals surface area contributed by atoms with Crippen LogP contribution in [0.15, 0.2) is 76.5 Å². The quantitative estimate of drug-likeness (QED) is 0.501. The molecule has 5 rings (SSSR count). The number of nitrogens with one attached hydrogen (secondary N) is 1. The first-order valence-electron chi connectivity index (χ1n) is 11.3. The van der Waals surface area contributed by atoms with E-state index >= 15 is 0 Å². The zero-order valence-corrected chi connectivity index (χ0v) is 19.6. The van der Waals surface area contributed by atoms with Gasteiger partial charge in [0.15, 0.2) is 0 Å². The number of thioether (sulfide) groups is 1. The summed E-state index contributed by atoms with van der Waals surface area (Å²) in [6.45, 7) is 2.04. The van der Waals surface area contributed by atoms with E-state index in [9.17, 15) is 9.59 Å². The third-order valence-electron chi connectivity index (χ3n) is 6.47. The molecule has 0 fully saturated rings. The van der Waals surface area contributed by atoms with Crippen molar-refractivity contribution in [3.05, 3.63) is 99.5 Å². The van der Waals surface area contributed by atoms with Crippen molar-refractivity contribution in [1.29, 1.82) is 0 Å². The lowest BCUT2D eigenvalue weighted by molar-refractivity contribution is -0.114. The largest absolute Gasteiger partial charge is 0.345 e. The molecule has 3 aromatic carbocycles. The van der Waals surface area contributed by atoms with Gasteiger partial charge in [-0.05, 0) is 72.7 Å². The Hall–Kier alpha value is -3.31. The summed E-state index contributed by atoms with van der Waals surface area (Å²) >= 11 is 1.46. The molecule has 0 bridgehead atoms. The van der Waals surface area contributed by atoms with Crippen LogP contribution in [0, 0.1) is 6.92 Å². The molecular formula is C28H26N2O2S. The molecular weight excluding hydrogens is 428 g/mol. The van der Waals surface area contributed by atoms with Crippen LogP contribution in [-0.2, 0) is 11.2 Å². The standard InChI is InChI=1S/C28H26N2O2S/c1-18-8-3-4-10-20(18)17-26-28(32)30(2)24-16-21(14-15-25(24)33-26)27(31)29-23-13-7-11-19-9-5-6-12-22(19)23/h3-6,8-10,12,14-17,23H,7,11,13H2,1-2H3,(H,29,31)/b26-17-. The average Bonchev–Trinajstić information content (AvgIpc) is 2.84. The molecule has 33 heavy (non-hydrogen) atoms. The van der Waals surface area contributed by atoms with Crippen LogP contribution in [0.1, 0.15) is 51.5 Å². The molecule has 1 unspecified atom stereocenters. The zero-order valence-electron chi connectivity index (χ0n) is 18.8. The number of amides is 2. The Balaban J connectivity index is 1.39. The molecule has 5 heteroatoms. The lowest BCUT2D eigenvalue weighted by Gasteiger charge is -2.28. The van der Waals surface area contributed by atoms with Crippen molar-refractivity contribution in [2.24, 2.45) is 0 Å². The number of rotatable bonds is 3. The number of carbonyl (C=O) groups excluding carboxylic acids is 2. The highest BCUT2D eigenvalue weighted by Gasteiger charge is 2.28. The summed E-state index contributed by atoms with van der Waals surface area (Å²) in [5.41, 5.74) is 6.03. The third-order valence-corrected chi connectivity index (χ3v) is 7.55. The number of hydrogen-bond donors (Lipinski definition) is 1. The normalized spacial score (nSPS) is 18.6. The van der Waals surface area contributed by atoms with Crippen LogP contribution in [0.3, 0.4) is 0 Å². The van der Waals surface area contributed by atoms with Gasteiger partial charge in [0.05, 0.1) is 16.6 Å². The Morgan fingerprint density at radius 1 is 1.09 bits per heavy atom. The van der Waals surface area contributed by atoms with E-state index in [1.165, 1.54) is 22.9 Å². The first kappa shape index (κ1) is 21.5. The van der Waals surface area contributed by atoms with Crippen LogP contribution in [0.5, 0.6) is 0 Å². The zero-order chi connectivity index (χ0) is 22.9. The Labute approximate surface area is 198 Å². The maximum Gasteiger partial charge on any atom is 0.264 e. The topological polar surface area (TPSA) is 49.4 Å². The number of nitrogens with zero attached hydrogens (tertiary/aromatic N) is 1. The number of anilines is 1. The first-order valence-corrected chi connectivity index (χ1v) is 12.1. The summed E-state index contributed by atoms with van der Waals surface area (Å²) in [4.78, 5) is 29.5. The summed E-state index contributed by atoms with van der Waals surface area (Å²) in [5, 5.41) is 3.21. The summed E-state index contributed by atoms with van der Waals surface area (Å²) in [6, 6.07) is 22.0. The van der Waals surface area contributed by atoms with Gasteiger partial charge in [0.2, 0.25) is 0 Å². The van der Waals surface area contributed by atoms with Gasteiger partial charge in [-0.2, -0.15) is 0 Å². The van der Waals surface area contributed by atoms with Gasteiger partial charge < -0.3 is 10.2 Å². The van der Waals surface area contributed by atoms with Gasteiger partial charge in [0.1, 0.15) is 0 Å². The van der Waals surface area contributed by atoms with E-state index in [1.807, 2.05) is 61.5 Å². The Kier molecular flexibility index (Phi) is 5.81. The van der Waals surface area contributed by atoms with E-state index in [2.05, 4.69) is 23.5 Å². The Morgan fingerprint density at radius 3 is 2.73 bits per heavy atom. The molecule has 1 heterocycles. The molecule has 0 radical (unpaired) electrons. The molecule has 4 nitrogen and oxygen atoms in total. The van der Waals surface area contributed by atoms with E-state index < -0.39 is 0 Å². The fraction of sp³-hybridized carbons (Fsp3) is 0.214. The first-order chi connectivity index (χ1) is 16.0. The summed E-state index contributed by atoms with van der Waals surface area (Å²) in [5.74, 6) is -0.166. The highest BCUT2D eigenvalue weighted by atomic mass is 32.2. The number of fused-ring (bicyclic) bond motifs is 2. The molecule has 1 N–H and O–H groups in total. The van der Waals surface area contributed by atoms with E-state index in [1.54, 1.807) is 11.9 Å². The second-order valence-corrected chi connectivity index (χ2v) is 9.71. The van der Waals surface area contributed by atoms with E-state index in [0.29, 0.717) is 10.5 Å². The van der Waals surface area contributed by atoms with E-state index in [4.69, 9.17) is 0 Å². The molecule has 0 saturated heterocycles. The fourth-order valence-corrected chi connectivity index (χ4v) is 5.65. The van der Waals surface area contributed by atoms with Crippen LogP contribution in [0.4, 0.5) is 5.69 Å². The molecule has 0 spiro atoms. The minimum absolute atomic E-state index is 0.0240. The lowest BCUT2D eigenvalue weighted by Crippen LogP contribution is -2.32. The molecule has 2 amide bonds. The van der Waals surface area contributed by atoms with E-state index in [-0.39, 0.29) is 17.9 Å². The van der Waals surface area contributed by atoms with Gasteiger partial charge in [0, 0.05) is 17.5 Å². The highest BCUT2D eigenvalue weighted by Crippen LogP contribution is 2.42. The second kappa shape index (κ2) is 8.91. The molecule has 1 aliphatic carbocycles. The van der Waals surface area contributed by atoms with Crippen molar-refractivity contribution in [2.45, 2.75) is 37.1 Å². The van der Waals surface area contributed by atoms with Gasteiger partial charge in [-0.15, -0.1) is 0 Å². The summed E-state index contributed by atoms with van der Waals surface area (Å²) < 4.78 is 0. The molecule has 0 saturated carbocycles. The second-order valence-electron chi connectivity index (χ2n) is 8.63. The van der Waals surface area contributed by atoms with Crippen LogP contribution in [-0.4, -0.2) is 18.9 Å². The maximum absolute atomic E-state index is 13.1. The van der Waals surface area contributed by atoms with Crippen molar-refractivity contribution in [3.63, 3.8) is 0 Å². The number of aryl methyl sites for hydroxylation is 2. The number of hydrogen-bond acceptors (Lipinski definition) is 3. The van der Waals surface area contributed by atoms with Crippen LogP contribution in [0.2, 0.25) is 0 Å². The summed E-state index contributed by atoms with van der Waals surface area (Å²) in [6.07, 6.45) is 5.01. The third kappa shape index (κ3) is 4.21.